The summed E-state index contributed by atoms with van der Waals surface area (Å²) in [7, 11) is 0. The molecule has 0 saturated carbocycles. The molecule has 1 heterocycles. The van der Waals surface area contributed by atoms with Crippen LogP contribution in [0.5, 0.6) is 0 Å². The second-order valence-corrected chi connectivity index (χ2v) is 5.51. The summed E-state index contributed by atoms with van der Waals surface area (Å²) in [6.07, 6.45) is 2.24. The average Bonchev–Trinajstić information content (AvgIpc) is 2.47. The third-order valence-electron chi connectivity index (χ3n) is 3.61. The fraction of sp³-hybridized carbons (Fsp3) is 0.688. The molecule has 118 valence electrons. The Bertz CT molecular complexity index is 491. The van der Waals surface area contributed by atoms with Crippen LogP contribution in [0.1, 0.15) is 63.1 Å². The van der Waals surface area contributed by atoms with Gasteiger partial charge in [-0.25, -0.2) is 4.98 Å². The number of Topliss-reactive ketones (excluding diaryl/α,β-unsaturated/α-hetero) is 1. The molecular formula is C16H26FN3O. The van der Waals surface area contributed by atoms with Gasteiger partial charge < -0.3 is 4.90 Å². The molecule has 0 N–H and O–H groups in total. The Balaban J connectivity index is 3.14. The van der Waals surface area contributed by atoms with Crippen LogP contribution in [0.2, 0.25) is 0 Å². The molecule has 1 aromatic rings. The lowest BCUT2D eigenvalue weighted by Crippen LogP contribution is -2.31. The van der Waals surface area contributed by atoms with Crippen LogP contribution in [0.15, 0.2) is 0 Å². The van der Waals surface area contributed by atoms with E-state index in [1.165, 1.54) is 0 Å². The first-order chi connectivity index (χ1) is 9.94. The van der Waals surface area contributed by atoms with Gasteiger partial charge >= 0.3 is 0 Å². The van der Waals surface area contributed by atoms with Crippen molar-refractivity contribution in [2.24, 2.45) is 5.92 Å². The van der Waals surface area contributed by atoms with Crippen molar-refractivity contribution >= 4 is 11.6 Å². The van der Waals surface area contributed by atoms with Gasteiger partial charge in [-0.3, -0.25) is 4.79 Å². The molecule has 4 nitrogen and oxygen atoms in total. The van der Waals surface area contributed by atoms with Crippen LogP contribution in [0.4, 0.5) is 10.2 Å². The van der Waals surface area contributed by atoms with Gasteiger partial charge in [0.05, 0.1) is 5.69 Å². The fourth-order valence-corrected chi connectivity index (χ4v) is 2.19. The van der Waals surface area contributed by atoms with Gasteiger partial charge in [0.25, 0.3) is 0 Å². The summed E-state index contributed by atoms with van der Waals surface area (Å²) in [5, 5.41) is 0. The van der Waals surface area contributed by atoms with Crippen LogP contribution in [-0.4, -0.2) is 28.8 Å². The minimum absolute atomic E-state index is 0.140. The number of anilines is 1. The topological polar surface area (TPSA) is 46.1 Å². The number of carbonyl (C=O) groups excluding carboxylic acids is 1. The molecule has 0 spiro atoms. The molecule has 1 aromatic heterocycles. The summed E-state index contributed by atoms with van der Waals surface area (Å²) >= 11 is 0. The van der Waals surface area contributed by atoms with Crippen molar-refractivity contribution in [2.45, 2.75) is 53.9 Å². The fourth-order valence-electron chi connectivity index (χ4n) is 2.19. The maximum absolute atomic E-state index is 14.1. The van der Waals surface area contributed by atoms with Crippen LogP contribution in [-0.2, 0) is 0 Å². The first-order valence-electron chi connectivity index (χ1n) is 7.76. The highest BCUT2D eigenvalue weighted by Gasteiger charge is 2.20. The molecule has 0 saturated heterocycles. The predicted octanol–water partition coefficient (Wildman–Crippen LogP) is 3.78. The quantitative estimate of drug-likeness (QED) is 0.685. The lowest BCUT2D eigenvalue weighted by Gasteiger charge is -2.27. The van der Waals surface area contributed by atoms with E-state index in [-0.39, 0.29) is 17.9 Å². The average molecular weight is 295 g/mol. The standard InChI is InChI=1S/C16H26FN3O/c1-6-9-20(10-11(4)7-2)16-12(5)18-14(13(21)8-3)15(17)19-16/h11H,6-10H2,1-5H3. The second kappa shape index (κ2) is 8.05. The molecule has 5 heteroatoms. The molecule has 21 heavy (non-hydrogen) atoms. The summed E-state index contributed by atoms with van der Waals surface area (Å²) in [4.78, 5) is 21.9. The molecule has 0 amide bonds. The van der Waals surface area contributed by atoms with Gasteiger partial charge in [-0.1, -0.05) is 34.1 Å². The number of ketones is 1. The highest BCUT2D eigenvalue weighted by Crippen LogP contribution is 2.20. The van der Waals surface area contributed by atoms with Gasteiger partial charge in [0, 0.05) is 19.5 Å². The zero-order valence-corrected chi connectivity index (χ0v) is 13.7. The van der Waals surface area contributed by atoms with Crippen LogP contribution < -0.4 is 4.90 Å². The van der Waals surface area contributed by atoms with Crippen molar-refractivity contribution in [3.63, 3.8) is 0 Å². The molecule has 1 rings (SSSR count). The summed E-state index contributed by atoms with van der Waals surface area (Å²) in [6, 6.07) is 0. The van der Waals surface area contributed by atoms with Crippen molar-refractivity contribution in [3.05, 3.63) is 17.3 Å². The number of aryl methyl sites for hydroxylation is 1. The summed E-state index contributed by atoms with van der Waals surface area (Å²) < 4.78 is 14.1. The van der Waals surface area contributed by atoms with Gasteiger partial charge in [0.2, 0.25) is 5.95 Å². The maximum atomic E-state index is 14.1. The van der Waals surface area contributed by atoms with E-state index in [4.69, 9.17) is 0 Å². The van der Waals surface area contributed by atoms with Gasteiger partial charge in [0.15, 0.2) is 17.3 Å². The Hall–Kier alpha value is -1.52. The number of rotatable bonds is 8. The number of nitrogens with zero attached hydrogens (tertiary/aromatic N) is 3. The molecule has 0 bridgehead atoms. The monoisotopic (exact) mass is 295 g/mol. The van der Waals surface area contributed by atoms with Crippen molar-refractivity contribution in [1.29, 1.82) is 0 Å². The largest absolute Gasteiger partial charge is 0.355 e. The van der Waals surface area contributed by atoms with E-state index in [0.717, 1.165) is 25.9 Å². The molecule has 0 fully saturated rings. The number of carbonyl (C=O) groups is 1. The Morgan fingerprint density at radius 2 is 1.95 bits per heavy atom. The number of aromatic nitrogens is 2. The molecular weight excluding hydrogens is 269 g/mol. The Morgan fingerprint density at radius 3 is 2.48 bits per heavy atom. The minimum atomic E-state index is -0.757. The van der Waals surface area contributed by atoms with Gasteiger partial charge in [-0.05, 0) is 19.3 Å². The first kappa shape index (κ1) is 17.5. The molecule has 0 aliphatic heterocycles. The maximum Gasteiger partial charge on any atom is 0.244 e. The SMILES string of the molecule is CCCN(CC(C)CC)c1nc(F)c(C(=O)CC)nc1C. The smallest absolute Gasteiger partial charge is 0.244 e. The number of halogens is 1. The Morgan fingerprint density at radius 1 is 1.29 bits per heavy atom. The minimum Gasteiger partial charge on any atom is -0.355 e. The molecule has 0 aliphatic carbocycles. The highest BCUT2D eigenvalue weighted by atomic mass is 19.1. The number of hydrogen-bond acceptors (Lipinski definition) is 4. The number of hydrogen-bond donors (Lipinski definition) is 0. The summed E-state index contributed by atoms with van der Waals surface area (Å²) in [6.45, 7) is 11.5. The molecule has 0 aliphatic rings. The zero-order chi connectivity index (χ0) is 16.0. The van der Waals surface area contributed by atoms with E-state index >= 15 is 0 Å². The summed E-state index contributed by atoms with van der Waals surface area (Å²) in [5.74, 6) is -0.00798. The van der Waals surface area contributed by atoms with Crippen LogP contribution in [0, 0.1) is 18.8 Å². The Labute approximate surface area is 126 Å². The lowest BCUT2D eigenvalue weighted by molar-refractivity contribution is 0.0978. The third kappa shape index (κ3) is 4.48. The van der Waals surface area contributed by atoms with Gasteiger partial charge in [-0.15, -0.1) is 0 Å². The lowest BCUT2D eigenvalue weighted by atomic mass is 10.1. The van der Waals surface area contributed by atoms with E-state index < -0.39 is 5.95 Å². The van der Waals surface area contributed by atoms with Crippen LogP contribution in [0.25, 0.3) is 0 Å². The normalized spacial score (nSPS) is 12.3. The van der Waals surface area contributed by atoms with E-state index in [1.54, 1.807) is 13.8 Å². The highest BCUT2D eigenvalue weighted by molar-refractivity contribution is 5.94. The third-order valence-corrected chi connectivity index (χ3v) is 3.61. The van der Waals surface area contributed by atoms with Crippen molar-refractivity contribution in [2.75, 3.05) is 18.0 Å². The Kier molecular flexibility index (Phi) is 6.72. The predicted molar refractivity (Wildman–Crippen MR) is 83.3 cm³/mol. The second-order valence-electron chi connectivity index (χ2n) is 5.51. The molecule has 0 radical (unpaired) electrons. The van der Waals surface area contributed by atoms with Gasteiger partial charge in [0.1, 0.15) is 0 Å². The molecule has 1 unspecified atom stereocenters. The van der Waals surface area contributed by atoms with Crippen molar-refractivity contribution in [1.82, 2.24) is 9.97 Å². The zero-order valence-electron chi connectivity index (χ0n) is 13.7. The van der Waals surface area contributed by atoms with E-state index in [0.29, 0.717) is 17.4 Å². The molecule has 1 atom stereocenters. The van der Waals surface area contributed by atoms with E-state index in [9.17, 15) is 9.18 Å². The first-order valence-corrected chi connectivity index (χ1v) is 7.76. The van der Waals surface area contributed by atoms with Crippen molar-refractivity contribution < 1.29 is 9.18 Å². The summed E-state index contributed by atoms with van der Waals surface area (Å²) in [5.41, 5.74) is 0.476. The van der Waals surface area contributed by atoms with Crippen LogP contribution >= 0.6 is 0 Å². The van der Waals surface area contributed by atoms with E-state index in [2.05, 4.69) is 35.6 Å². The van der Waals surface area contributed by atoms with E-state index in [1.807, 2.05) is 0 Å². The van der Waals surface area contributed by atoms with Crippen molar-refractivity contribution in [3.8, 4) is 0 Å². The molecule has 0 aromatic carbocycles. The van der Waals surface area contributed by atoms with Crippen LogP contribution in [0.3, 0.4) is 0 Å². The van der Waals surface area contributed by atoms with Gasteiger partial charge in [-0.2, -0.15) is 9.37 Å².